The number of cyclic esters (lactones) is 2. The van der Waals surface area contributed by atoms with Gasteiger partial charge in [0.05, 0.1) is 0 Å². The Morgan fingerprint density at radius 1 is 0.531 bits per heavy atom. The largest absolute Gasteiger partial charge is 0.402 e. The average Bonchev–Trinajstić information content (AvgIpc) is 3.38. The van der Waals surface area contributed by atoms with Crippen molar-refractivity contribution in [3.05, 3.63) is 119 Å². The van der Waals surface area contributed by atoms with Gasteiger partial charge in [0.1, 0.15) is 0 Å². The van der Waals surface area contributed by atoms with E-state index < -0.39 is 11.9 Å². The van der Waals surface area contributed by atoms with E-state index in [2.05, 4.69) is 9.98 Å². The predicted molar refractivity (Wildman–Crippen MR) is 121 cm³/mol. The molecule has 0 aromatic heterocycles. The summed E-state index contributed by atoms with van der Waals surface area (Å²) in [5.74, 6) is -0.414. The van der Waals surface area contributed by atoms with E-state index in [0.717, 1.165) is 22.3 Å². The maximum atomic E-state index is 12.2. The van der Waals surface area contributed by atoms with Crippen LogP contribution in [-0.2, 0) is 19.1 Å². The molecule has 3 aromatic carbocycles. The van der Waals surface area contributed by atoms with Crippen molar-refractivity contribution in [1.29, 1.82) is 0 Å². The number of benzene rings is 3. The molecule has 0 unspecified atom stereocenters. The zero-order valence-electron chi connectivity index (χ0n) is 16.8. The van der Waals surface area contributed by atoms with Crippen molar-refractivity contribution < 1.29 is 19.1 Å². The summed E-state index contributed by atoms with van der Waals surface area (Å²) in [6.07, 6.45) is 3.31. The number of nitrogens with zero attached hydrogens (tertiary/aromatic N) is 2. The summed E-state index contributed by atoms with van der Waals surface area (Å²) >= 11 is 0. The summed E-state index contributed by atoms with van der Waals surface area (Å²) in [6.45, 7) is 0. The van der Waals surface area contributed by atoms with E-state index in [9.17, 15) is 9.59 Å². The fourth-order valence-corrected chi connectivity index (χ4v) is 3.23. The van der Waals surface area contributed by atoms with Gasteiger partial charge in [-0.15, -0.1) is 0 Å². The minimum Gasteiger partial charge on any atom is -0.402 e. The first-order valence-corrected chi connectivity index (χ1v) is 9.92. The molecule has 2 heterocycles. The molecule has 0 fully saturated rings. The number of hydrogen-bond donors (Lipinski definition) is 0. The van der Waals surface area contributed by atoms with Crippen LogP contribution in [0.15, 0.2) is 106 Å². The molecule has 32 heavy (non-hydrogen) atoms. The van der Waals surface area contributed by atoms with Gasteiger partial charge in [-0.05, 0) is 47.5 Å². The van der Waals surface area contributed by atoms with Crippen LogP contribution in [0.25, 0.3) is 12.2 Å². The average molecular weight is 420 g/mol. The molecule has 0 amide bonds. The Labute approximate surface area is 183 Å². The molecule has 0 saturated carbocycles. The number of esters is 2. The second kappa shape index (κ2) is 8.28. The lowest BCUT2D eigenvalue weighted by Gasteiger charge is -1.98. The van der Waals surface area contributed by atoms with Gasteiger partial charge in [-0.1, -0.05) is 60.7 Å². The molecular formula is C26H16N2O4. The Balaban J connectivity index is 1.36. The van der Waals surface area contributed by atoms with Crippen LogP contribution in [0, 0.1) is 0 Å². The number of ether oxygens (including phenoxy) is 2. The number of carbonyl (C=O) groups is 2. The molecule has 154 valence electrons. The van der Waals surface area contributed by atoms with E-state index in [1.54, 1.807) is 12.2 Å². The van der Waals surface area contributed by atoms with E-state index in [-0.39, 0.29) is 23.2 Å². The molecule has 0 spiro atoms. The second-order valence-corrected chi connectivity index (χ2v) is 7.07. The first-order valence-electron chi connectivity index (χ1n) is 9.92. The van der Waals surface area contributed by atoms with Crippen LogP contribution in [0.3, 0.4) is 0 Å². The molecule has 0 saturated heterocycles. The van der Waals surface area contributed by atoms with Crippen LogP contribution in [-0.4, -0.2) is 23.7 Å². The zero-order chi connectivity index (χ0) is 21.9. The van der Waals surface area contributed by atoms with E-state index in [1.807, 2.05) is 84.9 Å². The fourth-order valence-electron chi connectivity index (χ4n) is 3.23. The van der Waals surface area contributed by atoms with Gasteiger partial charge in [0.25, 0.3) is 0 Å². The Bertz CT molecular complexity index is 1210. The third kappa shape index (κ3) is 4.02. The van der Waals surface area contributed by atoms with Crippen LogP contribution in [0.5, 0.6) is 0 Å². The maximum absolute atomic E-state index is 12.2. The molecule has 5 rings (SSSR count). The second-order valence-electron chi connectivity index (χ2n) is 7.07. The summed E-state index contributed by atoms with van der Waals surface area (Å²) < 4.78 is 10.5. The third-order valence-electron chi connectivity index (χ3n) is 4.83. The first kappa shape index (κ1) is 19.4. The van der Waals surface area contributed by atoms with Crippen molar-refractivity contribution >= 4 is 35.9 Å². The molecule has 2 aliphatic rings. The predicted octanol–water partition coefficient (Wildman–Crippen LogP) is 4.38. The van der Waals surface area contributed by atoms with Crippen molar-refractivity contribution in [3.63, 3.8) is 0 Å². The van der Waals surface area contributed by atoms with Crippen LogP contribution < -0.4 is 0 Å². The number of rotatable bonds is 4. The molecule has 0 radical (unpaired) electrons. The molecule has 6 nitrogen and oxygen atoms in total. The van der Waals surface area contributed by atoms with Gasteiger partial charge in [0, 0.05) is 11.1 Å². The van der Waals surface area contributed by atoms with E-state index in [4.69, 9.17) is 9.47 Å². The lowest BCUT2D eigenvalue weighted by molar-refractivity contribution is -0.130. The molecule has 0 N–H and O–H groups in total. The monoisotopic (exact) mass is 420 g/mol. The topological polar surface area (TPSA) is 77.3 Å². The molecule has 0 aliphatic carbocycles. The normalized spacial score (nSPS) is 17.9. The summed E-state index contributed by atoms with van der Waals surface area (Å²) in [7, 11) is 0. The third-order valence-corrected chi connectivity index (χ3v) is 4.83. The summed E-state index contributed by atoms with van der Waals surface area (Å²) in [6, 6.07) is 25.8. The minimum atomic E-state index is -0.494. The van der Waals surface area contributed by atoms with Crippen LogP contribution in [0.1, 0.15) is 22.3 Å². The highest BCUT2D eigenvalue weighted by Crippen LogP contribution is 2.21. The van der Waals surface area contributed by atoms with Gasteiger partial charge in [-0.3, -0.25) is 0 Å². The van der Waals surface area contributed by atoms with Crippen LogP contribution in [0.2, 0.25) is 0 Å². The smallest absolute Gasteiger partial charge is 0.363 e. The summed E-state index contributed by atoms with van der Waals surface area (Å²) in [5.41, 5.74) is 3.49. The Morgan fingerprint density at radius 2 is 0.906 bits per heavy atom. The number of hydrogen-bond acceptors (Lipinski definition) is 6. The van der Waals surface area contributed by atoms with Gasteiger partial charge < -0.3 is 9.47 Å². The maximum Gasteiger partial charge on any atom is 0.363 e. The van der Waals surface area contributed by atoms with Crippen molar-refractivity contribution in [1.82, 2.24) is 0 Å². The van der Waals surface area contributed by atoms with Gasteiger partial charge >= 0.3 is 11.9 Å². The molecule has 0 atom stereocenters. The Kier molecular flexibility index (Phi) is 5.01. The van der Waals surface area contributed by atoms with Crippen LogP contribution >= 0.6 is 0 Å². The lowest BCUT2D eigenvalue weighted by Crippen LogP contribution is -2.05. The van der Waals surface area contributed by atoms with Crippen molar-refractivity contribution in [3.8, 4) is 0 Å². The highest BCUT2D eigenvalue weighted by molar-refractivity contribution is 6.13. The van der Waals surface area contributed by atoms with Gasteiger partial charge in [0.2, 0.25) is 11.8 Å². The van der Waals surface area contributed by atoms with E-state index in [0.29, 0.717) is 0 Å². The van der Waals surface area contributed by atoms with E-state index in [1.165, 1.54) is 0 Å². The summed E-state index contributed by atoms with van der Waals surface area (Å²) in [4.78, 5) is 32.9. The number of carbonyl (C=O) groups excluding carboxylic acids is 2. The van der Waals surface area contributed by atoms with Gasteiger partial charge in [-0.25, -0.2) is 19.6 Å². The highest BCUT2D eigenvalue weighted by Gasteiger charge is 2.25. The SMILES string of the molecule is O=C1OC(c2ccccc2)=NC1=Cc1ccc(C=C2N=C(c3ccccc3)OC2=O)cc1. The molecular weight excluding hydrogens is 404 g/mol. The van der Waals surface area contributed by atoms with Gasteiger partial charge in [0.15, 0.2) is 11.4 Å². The molecule has 2 aliphatic heterocycles. The van der Waals surface area contributed by atoms with Crippen molar-refractivity contribution in [2.24, 2.45) is 9.98 Å². The highest BCUT2D eigenvalue weighted by atomic mass is 16.6. The fraction of sp³-hybridized carbons (Fsp3) is 0. The Morgan fingerprint density at radius 3 is 1.28 bits per heavy atom. The first-order chi connectivity index (χ1) is 15.7. The quantitative estimate of drug-likeness (QED) is 0.464. The van der Waals surface area contributed by atoms with Crippen molar-refractivity contribution in [2.45, 2.75) is 0 Å². The molecule has 3 aromatic rings. The zero-order valence-corrected chi connectivity index (χ0v) is 16.8. The standard InChI is InChI=1S/C26H16N2O4/c29-25-21(27-23(31-25)19-7-3-1-4-8-19)15-17-11-13-18(14-12-17)16-22-26(30)32-24(28-22)20-9-5-2-6-10-20/h1-16H. The molecule has 0 bridgehead atoms. The van der Waals surface area contributed by atoms with Gasteiger partial charge in [-0.2, -0.15) is 0 Å². The van der Waals surface area contributed by atoms with Crippen molar-refractivity contribution in [2.75, 3.05) is 0 Å². The van der Waals surface area contributed by atoms with E-state index >= 15 is 0 Å². The van der Waals surface area contributed by atoms with Crippen LogP contribution in [0.4, 0.5) is 0 Å². The lowest BCUT2D eigenvalue weighted by atomic mass is 10.1. The Hall–Kier alpha value is -4.58. The number of aliphatic imine (C=N–C) groups is 2. The summed E-state index contributed by atoms with van der Waals surface area (Å²) in [5, 5.41) is 0. The molecule has 6 heteroatoms. The minimum absolute atomic E-state index is 0.228.